The number of ketones is 1. The van der Waals surface area contributed by atoms with Crippen molar-refractivity contribution in [2.24, 2.45) is 0 Å². The SMILES string of the molecule is CCOS(=O)(=O)OC1CC/C=C\CCC1=O. The Hall–Kier alpha value is -0.720. The van der Waals surface area contributed by atoms with E-state index in [0.29, 0.717) is 25.7 Å². The van der Waals surface area contributed by atoms with Crippen molar-refractivity contribution < 1.29 is 21.6 Å². The first kappa shape index (κ1) is 13.3. The molecule has 0 amide bonds. The van der Waals surface area contributed by atoms with Gasteiger partial charge in [0.25, 0.3) is 0 Å². The summed E-state index contributed by atoms with van der Waals surface area (Å²) in [5.41, 5.74) is 0. The lowest BCUT2D eigenvalue weighted by Crippen LogP contribution is -2.28. The maximum atomic E-state index is 11.6. The molecule has 0 aromatic carbocycles. The zero-order valence-electron chi connectivity index (χ0n) is 9.22. The molecule has 16 heavy (non-hydrogen) atoms. The maximum Gasteiger partial charge on any atom is 0.400 e. The van der Waals surface area contributed by atoms with Crippen LogP contribution in [0.25, 0.3) is 0 Å². The van der Waals surface area contributed by atoms with Crippen molar-refractivity contribution in [2.45, 2.75) is 38.7 Å². The summed E-state index contributed by atoms with van der Waals surface area (Å²) >= 11 is 0. The predicted octanol–water partition coefficient (Wildman–Crippen LogP) is 1.35. The van der Waals surface area contributed by atoms with Gasteiger partial charge in [-0.1, -0.05) is 12.2 Å². The third-order valence-electron chi connectivity index (χ3n) is 2.17. The molecular weight excluding hydrogens is 232 g/mol. The highest BCUT2D eigenvalue weighted by Crippen LogP contribution is 2.15. The molecule has 6 heteroatoms. The standard InChI is InChI=1S/C10H16O5S/c1-2-14-16(12,13)15-10-8-6-4-3-5-7-9(10)11/h3-4,10H,2,5-8H2,1H3/b4-3-. The molecule has 5 nitrogen and oxygen atoms in total. The first-order chi connectivity index (χ1) is 7.55. The highest BCUT2D eigenvalue weighted by atomic mass is 32.3. The molecule has 0 bridgehead atoms. The molecule has 0 aromatic rings. The van der Waals surface area contributed by atoms with Crippen molar-refractivity contribution in [1.29, 1.82) is 0 Å². The minimum Gasteiger partial charge on any atom is -0.297 e. The molecule has 0 spiro atoms. The number of carbonyl (C=O) groups is 1. The smallest absolute Gasteiger partial charge is 0.297 e. The van der Waals surface area contributed by atoms with Crippen molar-refractivity contribution in [3.63, 3.8) is 0 Å². The molecule has 0 fully saturated rings. The molecule has 0 saturated heterocycles. The number of carbonyl (C=O) groups excluding carboxylic acids is 1. The molecule has 0 aliphatic heterocycles. The monoisotopic (exact) mass is 248 g/mol. The van der Waals surface area contributed by atoms with Crippen LogP contribution in [-0.4, -0.2) is 26.9 Å². The van der Waals surface area contributed by atoms with Gasteiger partial charge in [-0.15, -0.1) is 0 Å². The van der Waals surface area contributed by atoms with Crippen molar-refractivity contribution in [3.05, 3.63) is 12.2 Å². The van der Waals surface area contributed by atoms with E-state index < -0.39 is 16.5 Å². The van der Waals surface area contributed by atoms with E-state index in [1.807, 2.05) is 12.2 Å². The van der Waals surface area contributed by atoms with Gasteiger partial charge in [0.15, 0.2) is 5.78 Å². The Morgan fingerprint density at radius 2 is 2.06 bits per heavy atom. The van der Waals surface area contributed by atoms with E-state index in [-0.39, 0.29) is 12.4 Å². The van der Waals surface area contributed by atoms with Crippen LogP contribution in [-0.2, 0) is 23.6 Å². The van der Waals surface area contributed by atoms with E-state index in [1.54, 1.807) is 6.92 Å². The highest BCUT2D eigenvalue weighted by Gasteiger charge is 2.25. The maximum absolute atomic E-state index is 11.6. The van der Waals surface area contributed by atoms with Gasteiger partial charge in [0.05, 0.1) is 6.61 Å². The minimum absolute atomic E-state index is 0.00312. The molecule has 0 saturated carbocycles. The second-order valence-electron chi connectivity index (χ2n) is 3.45. The summed E-state index contributed by atoms with van der Waals surface area (Å²) in [5.74, 6) is -0.187. The lowest BCUT2D eigenvalue weighted by molar-refractivity contribution is -0.126. The quantitative estimate of drug-likeness (QED) is 0.702. The summed E-state index contributed by atoms with van der Waals surface area (Å²) in [6, 6.07) is 0. The fourth-order valence-electron chi connectivity index (χ4n) is 1.45. The van der Waals surface area contributed by atoms with Gasteiger partial charge >= 0.3 is 10.4 Å². The van der Waals surface area contributed by atoms with Crippen LogP contribution >= 0.6 is 0 Å². The number of hydrogen-bond acceptors (Lipinski definition) is 5. The van der Waals surface area contributed by atoms with Crippen LogP contribution in [0.1, 0.15) is 32.6 Å². The Labute approximate surface area is 95.8 Å². The summed E-state index contributed by atoms with van der Waals surface area (Å²) in [7, 11) is -4.04. The minimum atomic E-state index is -4.04. The number of hydrogen-bond donors (Lipinski definition) is 0. The Morgan fingerprint density at radius 1 is 1.38 bits per heavy atom. The summed E-state index contributed by atoms with van der Waals surface area (Å²) in [5, 5.41) is 0. The Balaban J connectivity index is 2.63. The van der Waals surface area contributed by atoms with E-state index in [9.17, 15) is 13.2 Å². The van der Waals surface area contributed by atoms with E-state index in [0.717, 1.165) is 0 Å². The van der Waals surface area contributed by atoms with Crippen LogP contribution in [0.5, 0.6) is 0 Å². The molecule has 1 aliphatic carbocycles. The van der Waals surface area contributed by atoms with Gasteiger partial charge < -0.3 is 0 Å². The average molecular weight is 248 g/mol. The Kier molecular flexibility index (Phi) is 5.11. The van der Waals surface area contributed by atoms with Crippen LogP contribution in [0.15, 0.2) is 12.2 Å². The second kappa shape index (κ2) is 6.12. The topological polar surface area (TPSA) is 69.7 Å². The van der Waals surface area contributed by atoms with E-state index in [1.165, 1.54) is 0 Å². The molecule has 1 atom stereocenters. The van der Waals surface area contributed by atoms with Crippen molar-refractivity contribution in [2.75, 3.05) is 6.61 Å². The van der Waals surface area contributed by atoms with Gasteiger partial charge in [-0.05, 0) is 26.2 Å². The lowest BCUT2D eigenvalue weighted by Gasteiger charge is -2.16. The zero-order chi connectivity index (χ0) is 12.0. The fraction of sp³-hybridized carbons (Fsp3) is 0.700. The molecule has 1 rings (SSSR count). The van der Waals surface area contributed by atoms with Gasteiger partial charge in [0, 0.05) is 6.42 Å². The molecule has 92 valence electrons. The third kappa shape index (κ3) is 4.42. The first-order valence-corrected chi connectivity index (χ1v) is 6.64. The molecule has 0 N–H and O–H groups in total. The first-order valence-electron chi connectivity index (χ1n) is 5.30. The van der Waals surface area contributed by atoms with Crippen LogP contribution in [0, 0.1) is 0 Å². The summed E-state index contributed by atoms with van der Waals surface area (Å²) < 4.78 is 31.6. The molecule has 1 unspecified atom stereocenters. The van der Waals surface area contributed by atoms with Gasteiger partial charge in [-0.3, -0.25) is 4.79 Å². The Morgan fingerprint density at radius 3 is 2.75 bits per heavy atom. The summed E-state index contributed by atoms with van der Waals surface area (Å²) in [4.78, 5) is 11.6. The van der Waals surface area contributed by atoms with Gasteiger partial charge in [0.1, 0.15) is 6.10 Å². The molecular formula is C10H16O5S. The van der Waals surface area contributed by atoms with E-state index in [4.69, 9.17) is 4.18 Å². The fourth-order valence-corrected chi connectivity index (χ4v) is 2.28. The normalized spacial score (nSPS) is 24.8. The van der Waals surface area contributed by atoms with Gasteiger partial charge in [-0.2, -0.15) is 8.42 Å². The van der Waals surface area contributed by atoms with E-state index >= 15 is 0 Å². The summed E-state index contributed by atoms with van der Waals surface area (Å²) in [6.07, 6.45) is 4.90. The third-order valence-corrected chi connectivity index (χ3v) is 3.17. The highest BCUT2D eigenvalue weighted by molar-refractivity contribution is 7.81. The lowest BCUT2D eigenvalue weighted by atomic mass is 10.0. The number of allylic oxidation sites excluding steroid dienone is 2. The largest absolute Gasteiger partial charge is 0.400 e. The van der Waals surface area contributed by atoms with Crippen LogP contribution in [0.4, 0.5) is 0 Å². The molecule has 0 radical (unpaired) electrons. The Bertz CT molecular complexity index is 357. The zero-order valence-corrected chi connectivity index (χ0v) is 10.0. The van der Waals surface area contributed by atoms with Crippen LogP contribution in [0.2, 0.25) is 0 Å². The second-order valence-corrected chi connectivity index (χ2v) is 4.70. The number of rotatable bonds is 4. The molecule has 0 aromatic heterocycles. The van der Waals surface area contributed by atoms with Crippen molar-refractivity contribution in [1.82, 2.24) is 0 Å². The molecule has 1 aliphatic rings. The van der Waals surface area contributed by atoms with Gasteiger partial charge in [0.2, 0.25) is 0 Å². The number of Topliss-reactive ketones (excluding diaryl/α,β-unsaturated/α-hetero) is 1. The predicted molar refractivity (Wildman–Crippen MR) is 58.0 cm³/mol. The molecule has 0 heterocycles. The average Bonchev–Trinajstić information content (AvgIpc) is 2.18. The van der Waals surface area contributed by atoms with Crippen molar-refractivity contribution in [3.8, 4) is 0 Å². The van der Waals surface area contributed by atoms with E-state index in [2.05, 4.69) is 4.18 Å². The van der Waals surface area contributed by atoms with Crippen LogP contribution < -0.4 is 0 Å². The van der Waals surface area contributed by atoms with Crippen molar-refractivity contribution >= 4 is 16.2 Å². The van der Waals surface area contributed by atoms with Crippen LogP contribution in [0.3, 0.4) is 0 Å². The summed E-state index contributed by atoms with van der Waals surface area (Å²) in [6.45, 7) is 1.55. The van der Waals surface area contributed by atoms with Gasteiger partial charge in [-0.25, -0.2) is 8.37 Å².